The number of nitrogens with two attached hydrogens (primary N) is 1. The van der Waals surface area contributed by atoms with Crippen LogP contribution in [0.3, 0.4) is 0 Å². The average molecular weight is 286 g/mol. The van der Waals surface area contributed by atoms with Crippen molar-refractivity contribution in [2.24, 2.45) is 0 Å². The lowest BCUT2D eigenvalue weighted by molar-refractivity contribution is -0.139. The van der Waals surface area contributed by atoms with Crippen molar-refractivity contribution in [3.8, 4) is 0 Å². The van der Waals surface area contributed by atoms with Gasteiger partial charge >= 0.3 is 6.18 Å². The molecule has 0 saturated heterocycles. The maximum atomic E-state index is 13.1. The average Bonchev–Trinajstić information content (AvgIpc) is 2.29. The maximum Gasteiger partial charge on any atom is 0.419 e. The number of alkyl halides is 3. The van der Waals surface area contributed by atoms with E-state index in [0.717, 1.165) is 6.07 Å². The molecule has 0 spiro atoms. The van der Waals surface area contributed by atoms with Crippen LogP contribution in [0.2, 0.25) is 0 Å². The lowest BCUT2D eigenvalue weighted by atomic mass is 10.2. The topological polar surface area (TPSA) is 63.8 Å². The van der Waals surface area contributed by atoms with E-state index in [0.29, 0.717) is 11.8 Å². The first-order valence-corrected chi connectivity index (χ1v) is 5.50. The predicted molar refractivity (Wildman–Crippen MR) is 65.9 cm³/mol. The lowest BCUT2D eigenvalue weighted by Crippen LogP contribution is -2.09. The fourth-order valence-corrected chi connectivity index (χ4v) is 1.62. The highest BCUT2D eigenvalue weighted by Crippen LogP contribution is 2.33. The molecule has 1 aromatic heterocycles. The van der Waals surface area contributed by atoms with Crippen LogP contribution in [0.5, 0.6) is 0 Å². The van der Waals surface area contributed by atoms with Crippen LogP contribution in [-0.2, 0) is 6.18 Å². The number of aryl methyl sites for hydroxylation is 1. The van der Waals surface area contributed by atoms with Crippen molar-refractivity contribution in [1.29, 1.82) is 0 Å². The van der Waals surface area contributed by atoms with Gasteiger partial charge in [0.15, 0.2) is 0 Å². The van der Waals surface area contributed by atoms with Crippen LogP contribution in [-0.4, -0.2) is 9.97 Å². The molecule has 3 N–H and O–H groups in total. The molecule has 0 bridgehead atoms. The second kappa shape index (κ2) is 4.95. The van der Waals surface area contributed by atoms with Gasteiger partial charge in [-0.3, -0.25) is 0 Å². The first-order valence-electron chi connectivity index (χ1n) is 5.50. The number of rotatable bonds is 2. The van der Waals surface area contributed by atoms with E-state index in [2.05, 4.69) is 15.3 Å². The molecule has 0 aliphatic heterocycles. The Morgan fingerprint density at radius 1 is 1.15 bits per heavy atom. The summed E-state index contributed by atoms with van der Waals surface area (Å²) in [7, 11) is 0. The molecule has 0 amide bonds. The van der Waals surface area contributed by atoms with Crippen molar-refractivity contribution < 1.29 is 17.6 Å². The number of aromatic nitrogens is 2. The van der Waals surface area contributed by atoms with Gasteiger partial charge < -0.3 is 11.1 Å². The van der Waals surface area contributed by atoms with Crippen molar-refractivity contribution in [2.75, 3.05) is 11.1 Å². The second-order valence-electron chi connectivity index (χ2n) is 4.07. The zero-order chi connectivity index (χ0) is 14.9. The third-order valence-corrected chi connectivity index (χ3v) is 2.42. The van der Waals surface area contributed by atoms with Gasteiger partial charge in [-0.25, -0.2) is 9.37 Å². The van der Waals surface area contributed by atoms with Gasteiger partial charge in [-0.15, -0.1) is 0 Å². The summed E-state index contributed by atoms with van der Waals surface area (Å²) in [4.78, 5) is 7.66. The maximum absolute atomic E-state index is 13.1. The SMILES string of the molecule is Cc1cc(Nc2ccc(F)c(C(F)(F)F)c2)nc(N)n1. The van der Waals surface area contributed by atoms with Crippen LogP contribution in [0.15, 0.2) is 24.3 Å². The fourth-order valence-electron chi connectivity index (χ4n) is 1.62. The molecule has 0 saturated carbocycles. The van der Waals surface area contributed by atoms with E-state index < -0.39 is 17.6 Å². The first-order chi connectivity index (χ1) is 9.25. The summed E-state index contributed by atoms with van der Waals surface area (Å²) >= 11 is 0. The Balaban J connectivity index is 2.35. The van der Waals surface area contributed by atoms with Crippen molar-refractivity contribution in [1.82, 2.24) is 9.97 Å². The number of nitrogen functional groups attached to an aromatic ring is 1. The first kappa shape index (κ1) is 14.0. The Morgan fingerprint density at radius 2 is 1.85 bits per heavy atom. The van der Waals surface area contributed by atoms with Gasteiger partial charge in [-0.05, 0) is 25.1 Å². The third-order valence-electron chi connectivity index (χ3n) is 2.42. The lowest BCUT2D eigenvalue weighted by Gasteiger charge is -2.11. The highest BCUT2D eigenvalue weighted by Gasteiger charge is 2.34. The largest absolute Gasteiger partial charge is 0.419 e. The van der Waals surface area contributed by atoms with Crippen molar-refractivity contribution in [3.63, 3.8) is 0 Å². The standard InChI is InChI=1S/C12H10F4N4/c1-6-4-10(20-11(17)18-6)19-7-2-3-9(13)8(5-7)12(14,15)16/h2-5H,1H3,(H3,17,18,19,20). The Hall–Kier alpha value is -2.38. The van der Waals surface area contributed by atoms with Crippen LogP contribution in [0, 0.1) is 12.7 Å². The van der Waals surface area contributed by atoms with Crippen LogP contribution in [0.25, 0.3) is 0 Å². The number of nitrogens with zero attached hydrogens (tertiary/aromatic N) is 2. The summed E-state index contributed by atoms with van der Waals surface area (Å²) in [6.45, 7) is 1.66. The van der Waals surface area contributed by atoms with Gasteiger partial charge in [-0.1, -0.05) is 0 Å². The van der Waals surface area contributed by atoms with E-state index in [1.807, 2.05) is 0 Å². The Kier molecular flexibility index (Phi) is 3.47. The van der Waals surface area contributed by atoms with E-state index >= 15 is 0 Å². The monoisotopic (exact) mass is 286 g/mol. The van der Waals surface area contributed by atoms with E-state index in [9.17, 15) is 17.6 Å². The molecule has 2 rings (SSSR count). The normalized spacial score (nSPS) is 11.4. The van der Waals surface area contributed by atoms with Gasteiger partial charge in [0, 0.05) is 17.4 Å². The minimum atomic E-state index is -4.76. The molecule has 0 unspecified atom stereocenters. The number of benzene rings is 1. The number of hydrogen-bond donors (Lipinski definition) is 2. The molecule has 4 nitrogen and oxygen atoms in total. The van der Waals surface area contributed by atoms with E-state index in [-0.39, 0.29) is 17.5 Å². The number of nitrogens with one attached hydrogen (secondary N) is 1. The van der Waals surface area contributed by atoms with Gasteiger partial charge in [0.05, 0.1) is 5.56 Å². The predicted octanol–water partition coefficient (Wildman–Crippen LogP) is 3.27. The highest BCUT2D eigenvalue weighted by atomic mass is 19.4. The number of halogens is 4. The second-order valence-corrected chi connectivity index (χ2v) is 4.07. The van der Waals surface area contributed by atoms with Gasteiger partial charge in [0.1, 0.15) is 11.6 Å². The number of hydrogen-bond acceptors (Lipinski definition) is 4. The summed E-state index contributed by atoms with van der Waals surface area (Å²) in [5.41, 5.74) is 4.69. The zero-order valence-electron chi connectivity index (χ0n) is 10.3. The number of anilines is 3. The minimum absolute atomic E-state index is 0.00865. The molecule has 0 atom stereocenters. The Morgan fingerprint density at radius 3 is 2.45 bits per heavy atom. The smallest absolute Gasteiger partial charge is 0.368 e. The summed E-state index contributed by atoms with van der Waals surface area (Å²) in [5, 5.41) is 2.63. The molecular formula is C12H10F4N4. The molecule has 0 aliphatic carbocycles. The molecule has 106 valence electrons. The molecule has 0 radical (unpaired) electrons. The molecule has 0 fully saturated rings. The van der Waals surface area contributed by atoms with Gasteiger partial charge in [0.25, 0.3) is 0 Å². The summed E-state index contributed by atoms with van der Waals surface area (Å²) < 4.78 is 50.9. The molecule has 8 heteroatoms. The van der Waals surface area contributed by atoms with E-state index in [4.69, 9.17) is 5.73 Å². The molecular weight excluding hydrogens is 276 g/mol. The highest BCUT2D eigenvalue weighted by molar-refractivity contribution is 5.58. The fraction of sp³-hybridized carbons (Fsp3) is 0.167. The molecule has 0 aliphatic rings. The van der Waals surface area contributed by atoms with Crippen LogP contribution >= 0.6 is 0 Å². The minimum Gasteiger partial charge on any atom is -0.368 e. The summed E-state index contributed by atoms with van der Waals surface area (Å²) in [5.74, 6) is -1.11. The third kappa shape index (κ3) is 3.14. The van der Waals surface area contributed by atoms with Gasteiger partial charge in [0.2, 0.25) is 5.95 Å². The Bertz CT molecular complexity index is 620. The quantitative estimate of drug-likeness (QED) is 0.832. The summed E-state index contributed by atoms with van der Waals surface area (Å²) in [6, 6.07) is 4.09. The van der Waals surface area contributed by atoms with Crippen LogP contribution in [0.1, 0.15) is 11.3 Å². The molecule has 1 heterocycles. The van der Waals surface area contributed by atoms with Crippen LogP contribution in [0.4, 0.5) is 35.0 Å². The van der Waals surface area contributed by atoms with Crippen molar-refractivity contribution in [3.05, 3.63) is 41.3 Å². The Labute approximate surface area is 111 Å². The molecule has 1 aromatic carbocycles. The van der Waals surface area contributed by atoms with E-state index in [1.165, 1.54) is 12.1 Å². The van der Waals surface area contributed by atoms with Crippen molar-refractivity contribution in [2.45, 2.75) is 13.1 Å². The molecule has 2 aromatic rings. The van der Waals surface area contributed by atoms with E-state index in [1.54, 1.807) is 6.92 Å². The molecule has 20 heavy (non-hydrogen) atoms. The van der Waals surface area contributed by atoms with Gasteiger partial charge in [-0.2, -0.15) is 18.2 Å². The van der Waals surface area contributed by atoms with Crippen molar-refractivity contribution >= 4 is 17.5 Å². The van der Waals surface area contributed by atoms with Crippen LogP contribution < -0.4 is 11.1 Å². The zero-order valence-corrected chi connectivity index (χ0v) is 10.3. The summed E-state index contributed by atoms with van der Waals surface area (Å²) in [6.07, 6.45) is -4.76.